The number of carbonyl (C=O) groups excluding carboxylic acids is 11. The number of aromatic nitrogens is 1. The van der Waals surface area contributed by atoms with E-state index in [9.17, 15) is 52.7 Å². The van der Waals surface area contributed by atoms with E-state index in [-0.39, 0.29) is 105 Å². The number of Topliss-reactive ketones (excluding diaryl/α,β-unsaturated/α-hetero) is 1. The second-order valence-electron chi connectivity index (χ2n) is 28.0. The molecule has 0 spiro atoms. The Hall–Kier alpha value is -7.84. The molecule has 1 saturated carbocycles. The number of piperidine rings is 2. The highest BCUT2D eigenvalue weighted by atomic mass is 32.1. The quantitative estimate of drug-likeness (QED) is 0.0119. The van der Waals surface area contributed by atoms with Gasteiger partial charge < -0.3 is 52.2 Å². The van der Waals surface area contributed by atoms with Crippen LogP contribution in [0.2, 0.25) is 0 Å². The summed E-state index contributed by atoms with van der Waals surface area (Å²) < 4.78 is 5.88. The van der Waals surface area contributed by atoms with Crippen molar-refractivity contribution in [3.63, 3.8) is 0 Å². The molecule has 9 atom stereocenters. The number of esters is 1. The molecule has 3 heterocycles. The number of urea groups is 1. The largest absolute Gasteiger partial charge is 0.455 e. The molecule has 9 N–H and O–H groups in total. The number of hydrogen-bond donors (Lipinski definition) is 8. The van der Waals surface area contributed by atoms with E-state index in [0.29, 0.717) is 67.2 Å². The summed E-state index contributed by atoms with van der Waals surface area (Å²) in [5.74, 6) is -4.74. The minimum Gasteiger partial charge on any atom is -0.455 e. The maximum absolute atomic E-state index is 14.5. The number of hydrogen-bond acceptors (Lipinski definition) is 16. The molecule has 0 unspecified atom stereocenters. The fraction of sp³-hybridized carbons (Fsp3) is 0.644. The third-order valence-corrected chi connectivity index (χ3v) is 20.5. The molecule has 2 saturated heterocycles. The summed E-state index contributed by atoms with van der Waals surface area (Å²) in [5, 5.41) is 19.0. The van der Waals surface area contributed by atoms with E-state index in [1.54, 1.807) is 67.3 Å². The molecule has 3 aliphatic rings. The molecule has 2 aliphatic heterocycles. The van der Waals surface area contributed by atoms with Crippen molar-refractivity contribution in [2.45, 2.75) is 226 Å². The molecule has 99 heavy (non-hydrogen) atoms. The van der Waals surface area contributed by atoms with Crippen LogP contribution in [0.5, 0.6) is 0 Å². The van der Waals surface area contributed by atoms with Crippen LogP contribution in [0.1, 0.15) is 204 Å². The number of nitrogens with two attached hydrogens (primary N) is 1. The van der Waals surface area contributed by atoms with Crippen molar-refractivity contribution < 1.29 is 62.3 Å². The van der Waals surface area contributed by atoms with Crippen molar-refractivity contribution in [3.05, 3.63) is 81.8 Å². The van der Waals surface area contributed by atoms with Crippen molar-refractivity contribution in [1.82, 2.24) is 51.7 Å². The molecule has 0 bridgehead atoms. The minimum absolute atomic E-state index is 0.0437. The maximum Gasteiger partial charge on any atom is 0.312 e. The van der Waals surface area contributed by atoms with Crippen LogP contribution >= 0.6 is 11.3 Å². The molecule has 2 aromatic carbocycles. The van der Waals surface area contributed by atoms with E-state index < -0.39 is 89.7 Å². The monoisotopic (exact) mass is 1390 g/mol. The number of amides is 10. The highest BCUT2D eigenvalue weighted by molar-refractivity contribution is 7.09. The summed E-state index contributed by atoms with van der Waals surface area (Å²) in [6.45, 7) is 16.2. The molecule has 1 aliphatic carbocycles. The Morgan fingerprint density at radius 1 is 0.717 bits per heavy atom. The maximum atomic E-state index is 14.5. The third-order valence-electron chi connectivity index (χ3n) is 19.6. The van der Waals surface area contributed by atoms with Crippen LogP contribution in [-0.4, -0.2) is 161 Å². The minimum atomic E-state index is -1.11. The van der Waals surface area contributed by atoms with E-state index in [0.717, 1.165) is 62.0 Å². The molecular weight excluding hydrogens is 1280 g/mol. The predicted molar refractivity (Wildman–Crippen MR) is 378 cm³/mol. The Morgan fingerprint density at radius 2 is 1.38 bits per heavy atom. The Kier molecular flexibility index (Phi) is 32.7. The first-order valence-electron chi connectivity index (χ1n) is 35.7. The second kappa shape index (κ2) is 40.4. The fourth-order valence-corrected chi connectivity index (χ4v) is 14.2. The number of likely N-dealkylation sites (N-methyl/N-ethyl adjacent to an activating group) is 2. The second-order valence-corrected chi connectivity index (χ2v) is 28.9. The molecule has 6 rings (SSSR count). The zero-order chi connectivity index (χ0) is 72.3. The predicted octanol–water partition coefficient (Wildman–Crippen LogP) is 7.82. The Labute approximate surface area is 588 Å². The van der Waals surface area contributed by atoms with Gasteiger partial charge in [-0.15, -0.1) is 11.3 Å². The summed E-state index contributed by atoms with van der Waals surface area (Å²) in [4.78, 5) is 163. The van der Waals surface area contributed by atoms with E-state index in [2.05, 4.69) is 37.4 Å². The van der Waals surface area contributed by atoms with Crippen molar-refractivity contribution in [2.24, 2.45) is 41.2 Å². The molecule has 546 valence electrons. The number of rotatable bonds is 36. The number of nitrogens with one attached hydrogen (secondary N) is 7. The van der Waals surface area contributed by atoms with Gasteiger partial charge in [-0.3, -0.25) is 57.7 Å². The van der Waals surface area contributed by atoms with Gasteiger partial charge in [-0.2, -0.15) is 0 Å². The van der Waals surface area contributed by atoms with E-state index >= 15 is 0 Å². The van der Waals surface area contributed by atoms with Crippen LogP contribution in [0.4, 0.5) is 10.5 Å². The highest BCUT2D eigenvalue weighted by Gasteiger charge is 2.39. The molecule has 3 fully saturated rings. The topological polar surface area (TPSA) is 339 Å². The highest BCUT2D eigenvalue weighted by Crippen LogP contribution is 2.33. The summed E-state index contributed by atoms with van der Waals surface area (Å²) in [5.41, 5.74) is 9.81. The zero-order valence-corrected chi connectivity index (χ0v) is 60.6. The molecule has 25 nitrogen and oxygen atoms in total. The number of likely N-dealkylation sites (tertiary alicyclic amines) is 2. The Morgan fingerprint density at radius 3 is 2.01 bits per heavy atom. The van der Waals surface area contributed by atoms with Crippen molar-refractivity contribution >= 4 is 82.1 Å². The number of primary amides is 1. The van der Waals surface area contributed by atoms with Gasteiger partial charge in [0.25, 0.3) is 5.91 Å². The molecule has 26 heteroatoms. The summed E-state index contributed by atoms with van der Waals surface area (Å²) in [6, 6.07) is 11.1. The first-order valence-corrected chi connectivity index (χ1v) is 36.6. The van der Waals surface area contributed by atoms with Gasteiger partial charge in [0.15, 0.2) is 6.10 Å². The summed E-state index contributed by atoms with van der Waals surface area (Å²) >= 11 is 1.15. The van der Waals surface area contributed by atoms with Crippen molar-refractivity contribution in [1.29, 1.82) is 0 Å². The average molecular weight is 1400 g/mol. The SMILES string of the molecule is CC[C@H](C)[C@H](NC(=O)[C@H]1CCCCN1C)C(=O)N(C)[C@H](C[C@@H](OC(C)=O)c1nc(C(=O)N[C@@H](Cc2ccccc2)C[C@H](C)C(=O)NOCc2ccc(NC(=O)[C@H](CCCNC(N)=O)NC(=O)[C@@H](NC(=O)CCC(=O)N3CCC(C(=O)C4CCCCCC4)CC3)C(C)C)cc2)cs1)C(C)C. The van der Waals surface area contributed by atoms with Gasteiger partial charge in [0.2, 0.25) is 41.4 Å². The number of anilines is 1. The first kappa shape index (κ1) is 80.1. The fourth-order valence-electron chi connectivity index (χ4n) is 13.4. The van der Waals surface area contributed by atoms with E-state index in [1.165, 1.54) is 19.8 Å². The summed E-state index contributed by atoms with van der Waals surface area (Å²) in [7, 11) is 3.64. The number of benzene rings is 2. The van der Waals surface area contributed by atoms with Crippen LogP contribution in [0, 0.1) is 35.5 Å². The van der Waals surface area contributed by atoms with Crippen LogP contribution in [0.25, 0.3) is 0 Å². The lowest BCUT2D eigenvalue weighted by atomic mass is 9.82. The van der Waals surface area contributed by atoms with Gasteiger partial charge in [0.1, 0.15) is 34.6 Å². The van der Waals surface area contributed by atoms with Gasteiger partial charge in [-0.25, -0.2) is 15.3 Å². The van der Waals surface area contributed by atoms with Crippen molar-refractivity contribution in [2.75, 3.05) is 45.6 Å². The number of ketones is 1. The third kappa shape index (κ3) is 25.7. The number of hydroxylamine groups is 1. The number of thiazole rings is 1. The van der Waals surface area contributed by atoms with Gasteiger partial charge in [-0.1, -0.05) is 129 Å². The van der Waals surface area contributed by atoms with Crippen LogP contribution in [0.15, 0.2) is 60.0 Å². The molecule has 10 amide bonds. The van der Waals surface area contributed by atoms with Crippen molar-refractivity contribution in [3.8, 4) is 0 Å². The van der Waals surface area contributed by atoms with Gasteiger partial charge >= 0.3 is 12.0 Å². The van der Waals surface area contributed by atoms with Crippen LogP contribution in [-0.2, 0) is 65.8 Å². The summed E-state index contributed by atoms with van der Waals surface area (Å²) in [6.07, 6.45) is 10.9. The molecular formula is C73H110N12O13S. The average Bonchev–Trinajstić information content (AvgIpc) is 1.82. The van der Waals surface area contributed by atoms with Gasteiger partial charge in [0, 0.05) is 93.8 Å². The lowest BCUT2D eigenvalue weighted by molar-refractivity contribution is -0.149. The first-order chi connectivity index (χ1) is 47.2. The smallest absolute Gasteiger partial charge is 0.312 e. The number of ether oxygens (including phenoxy) is 1. The van der Waals surface area contributed by atoms with Gasteiger partial charge in [-0.05, 0) is 119 Å². The van der Waals surface area contributed by atoms with Crippen LogP contribution in [0.3, 0.4) is 0 Å². The number of carbonyl (C=O) groups is 11. The normalized spacial score (nSPS) is 18.0. The van der Waals surface area contributed by atoms with E-state index in [4.69, 9.17) is 20.3 Å². The number of nitrogens with zero attached hydrogens (tertiary/aromatic N) is 4. The Balaban J connectivity index is 1.01. The lowest BCUT2D eigenvalue weighted by Gasteiger charge is -2.38. The lowest BCUT2D eigenvalue weighted by Crippen LogP contribution is -2.58. The standard InChI is InChI=1S/C73H110N12O13S/c1-11-47(6)64(81-69(93)58-27-19-20-37-83(58)9)72(95)84(10)59(45(2)3)42-60(98-49(8)86)71-79-57(44-99-71)68(92)77-55(41-50-22-15-14-16-23-50)40-48(7)66(90)82-97-43-51-28-30-54(31-29-51)76-67(91)56(26-21-36-75-73(74)96)78-70(94)63(46(4)5)80-61(87)32-33-62(88)85-38-34-53(35-39-85)65(89)52-24-17-12-13-18-25-52/h14-16,22-23,28-31,44-48,52-53,55-56,58-60,63-64H,11-13,17-21,24-27,32-43H2,1-10H3,(H,76,91)(H,77,92)(H,78,94)(H,80,87)(H,81,93)(H,82,90)(H3,74,75,96)/t47-,48-,55+,56-,58+,59+,60+,63-,64-/m0/s1. The molecule has 3 aromatic rings. The van der Waals surface area contributed by atoms with Gasteiger partial charge in [0.05, 0.1) is 12.6 Å². The molecule has 0 radical (unpaired) electrons. The zero-order valence-electron chi connectivity index (χ0n) is 59.8. The van der Waals surface area contributed by atoms with Crippen LogP contribution < -0.4 is 43.1 Å². The van der Waals surface area contributed by atoms with E-state index in [1.807, 2.05) is 70.0 Å². The Bertz CT molecular complexity index is 3150. The molecule has 1 aromatic heterocycles.